The first-order valence-corrected chi connectivity index (χ1v) is 6.91. The number of likely N-dealkylation sites (tertiary alicyclic amines) is 1. The van der Waals surface area contributed by atoms with Gasteiger partial charge in [-0.05, 0) is 19.4 Å². The van der Waals surface area contributed by atoms with Crippen molar-refractivity contribution in [3.63, 3.8) is 0 Å². The highest BCUT2D eigenvalue weighted by Gasteiger charge is 2.34. The molecule has 1 heterocycles. The topological polar surface area (TPSA) is 63.9 Å². The lowest BCUT2D eigenvalue weighted by Gasteiger charge is -2.40. The average Bonchev–Trinajstić information content (AvgIpc) is 2.33. The molecule has 4 nitrogen and oxygen atoms in total. The number of hydrogen-bond acceptors (Lipinski definition) is 4. The van der Waals surface area contributed by atoms with Crippen molar-refractivity contribution in [1.82, 2.24) is 4.90 Å². The summed E-state index contributed by atoms with van der Waals surface area (Å²) >= 11 is 0. The highest BCUT2D eigenvalue weighted by atomic mass is 16.3. The SMILES string of the molecule is CCCCCCCN1CC[C@@H](O)[C@H](O)C1CO. The second-order valence-corrected chi connectivity index (χ2v) is 5.05. The average molecular weight is 245 g/mol. The zero-order valence-electron chi connectivity index (χ0n) is 10.9. The van der Waals surface area contributed by atoms with Gasteiger partial charge in [0.2, 0.25) is 0 Å². The van der Waals surface area contributed by atoms with E-state index in [1.807, 2.05) is 0 Å². The van der Waals surface area contributed by atoms with Gasteiger partial charge in [0.05, 0.1) is 24.9 Å². The van der Waals surface area contributed by atoms with Crippen LogP contribution in [0, 0.1) is 0 Å². The van der Waals surface area contributed by atoms with Gasteiger partial charge in [-0.2, -0.15) is 0 Å². The maximum Gasteiger partial charge on any atom is 0.0976 e. The summed E-state index contributed by atoms with van der Waals surface area (Å²) in [4.78, 5) is 2.11. The van der Waals surface area contributed by atoms with Crippen LogP contribution in [0.25, 0.3) is 0 Å². The van der Waals surface area contributed by atoms with E-state index in [0.717, 1.165) is 19.5 Å². The first-order chi connectivity index (χ1) is 8.20. The van der Waals surface area contributed by atoms with Crippen LogP contribution in [0.2, 0.25) is 0 Å². The van der Waals surface area contributed by atoms with E-state index >= 15 is 0 Å². The molecule has 1 aliphatic heterocycles. The number of nitrogens with zero attached hydrogens (tertiary/aromatic N) is 1. The van der Waals surface area contributed by atoms with Gasteiger partial charge in [0.25, 0.3) is 0 Å². The van der Waals surface area contributed by atoms with Crippen molar-refractivity contribution < 1.29 is 15.3 Å². The van der Waals surface area contributed by atoms with Gasteiger partial charge in [0.15, 0.2) is 0 Å². The summed E-state index contributed by atoms with van der Waals surface area (Å²) in [7, 11) is 0. The summed E-state index contributed by atoms with van der Waals surface area (Å²) in [5.74, 6) is 0. The number of unbranched alkanes of at least 4 members (excludes halogenated alkanes) is 4. The molecule has 0 aromatic rings. The van der Waals surface area contributed by atoms with E-state index in [0.29, 0.717) is 6.42 Å². The Bertz CT molecular complexity index is 201. The fraction of sp³-hybridized carbons (Fsp3) is 1.00. The molecule has 0 radical (unpaired) electrons. The minimum atomic E-state index is -0.801. The Hall–Kier alpha value is -0.160. The minimum absolute atomic E-state index is 0.0762. The van der Waals surface area contributed by atoms with Crippen molar-refractivity contribution in [2.45, 2.75) is 63.7 Å². The second-order valence-electron chi connectivity index (χ2n) is 5.05. The highest BCUT2D eigenvalue weighted by Crippen LogP contribution is 2.19. The molecule has 3 N–H and O–H groups in total. The predicted octanol–water partition coefficient (Wildman–Crippen LogP) is 0.745. The maximum absolute atomic E-state index is 9.80. The molecular weight excluding hydrogens is 218 g/mol. The standard InChI is InChI=1S/C13H27NO3/c1-2-3-4-5-6-8-14-9-7-12(16)13(17)11(14)10-15/h11-13,15-17H,2-10H2,1H3/t11?,12-,13-/m1/s1. The largest absolute Gasteiger partial charge is 0.395 e. The molecule has 0 aliphatic carbocycles. The van der Waals surface area contributed by atoms with Crippen molar-refractivity contribution in [1.29, 1.82) is 0 Å². The number of aliphatic hydroxyl groups excluding tert-OH is 3. The molecular formula is C13H27NO3. The van der Waals surface area contributed by atoms with E-state index in [1.54, 1.807) is 0 Å². The van der Waals surface area contributed by atoms with E-state index in [9.17, 15) is 15.3 Å². The maximum atomic E-state index is 9.80. The van der Waals surface area contributed by atoms with Gasteiger partial charge in [-0.1, -0.05) is 32.6 Å². The third-order valence-corrected chi connectivity index (χ3v) is 3.71. The number of rotatable bonds is 7. The van der Waals surface area contributed by atoms with Crippen LogP contribution in [0.1, 0.15) is 45.4 Å². The van der Waals surface area contributed by atoms with Crippen molar-refractivity contribution in [2.24, 2.45) is 0 Å². The molecule has 1 fully saturated rings. The van der Waals surface area contributed by atoms with Gasteiger partial charge in [0.1, 0.15) is 0 Å². The molecule has 1 unspecified atom stereocenters. The molecule has 1 aliphatic rings. The van der Waals surface area contributed by atoms with Gasteiger partial charge < -0.3 is 15.3 Å². The quantitative estimate of drug-likeness (QED) is 0.579. The van der Waals surface area contributed by atoms with E-state index in [2.05, 4.69) is 11.8 Å². The molecule has 0 amide bonds. The molecule has 0 aromatic carbocycles. The lowest BCUT2D eigenvalue weighted by atomic mass is 9.96. The zero-order chi connectivity index (χ0) is 12.7. The number of hydrogen-bond donors (Lipinski definition) is 3. The molecule has 1 saturated heterocycles. The third kappa shape index (κ3) is 4.54. The van der Waals surface area contributed by atoms with E-state index in [1.165, 1.54) is 25.7 Å². The summed E-state index contributed by atoms with van der Waals surface area (Å²) < 4.78 is 0. The van der Waals surface area contributed by atoms with Crippen LogP contribution in [0.4, 0.5) is 0 Å². The van der Waals surface area contributed by atoms with E-state index in [4.69, 9.17) is 0 Å². The molecule has 0 saturated carbocycles. The summed E-state index contributed by atoms with van der Waals surface area (Å²) in [5, 5.41) is 28.6. The van der Waals surface area contributed by atoms with Crippen molar-refractivity contribution in [3.8, 4) is 0 Å². The minimum Gasteiger partial charge on any atom is -0.395 e. The Morgan fingerprint density at radius 1 is 1.12 bits per heavy atom. The lowest BCUT2D eigenvalue weighted by Crippen LogP contribution is -2.56. The van der Waals surface area contributed by atoms with E-state index in [-0.39, 0.29) is 12.6 Å². The molecule has 0 spiro atoms. The molecule has 0 bridgehead atoms. The molecule has 1 rings (SSSR count). The van der Waals surface area contributed by atoms with Crippen LogP contribution in [0.3, 0.4) is 0 Å². The predicted molar refractivity (Wildman–Crippen MR) is 67.8 cm³/mol. The van der Waals surface area contributed by atoms with Crippen LogP contribution in [-0.2, 0) is 0 Å². The van der Waals surface area contributed by atoms with Crippen molar-refractivity contribution in [2.75, 3.05) is 19.7 Å². The third-order valence-electron chi connectivity index (χ3n) is 3.71. The summed E-state index contributed by atoms with van der Waals surface area (Å²) in [6.45, 7) is 3.81. The van der Waals surface area contributed by atoms with Crippen LogP contribution in [0.15, 0.2) is 0 Å². The smallest absolute Gasteiger partial charge is 0.0976 e. The van der Waals surface area contributed by atoms with E-state index < -0.39 is 12.2 Å². The second kappa shape index (κ2) is 8.03. The van der Waals surface area contributed by atoms with Gasteiger partial charge in [-0.25, -0.2) is 0 Å². The fourth-order valence-electron chi connectivity index (χ4n) is 2.53. The monoisotopic (exact) mass is 245 g/mol. The summed E-state index contributed by atoms with van der Waals surface area (Å²) in [6.07, 6.45) is 5.23. The Labute approximate surface area is 104 Å². The zero-order valence-corrected chi connectivity index (χ0v) is 10.9. The summed E-state index contributed by atoms with van der Waals surface area (Å²) in [6, 6.07) is -0.287. The van der Waals surface area contributed by atoms with Crippen LogP contribution >= 0.6 is 0 Å². The molecule has 102 valence electrons. The molecule has 3 atom stereocenters. The Morgan fingerprint density at radius 2 is 1.82 bits per heavy atom. The number of piperidine rings is 1. The van der Waals surface area contributed by atoms with Gasteiger partial charge in [0, 0.05) is 6.54 Å². The van der Waals surface area contributed by atoms with Crippen molar-refractivity contribution >= 4 is 0 Å². The summed E-state index contributed by atoms with van der Waals surface area (Å²) in [5.41, 5.74) is 0. The Balaban J connectivity index is 2.26. The van der Waals surface area contributed by atoms with Crippen LogP contribution < -0.4 is 0 Å². The van der Waals surface area contributed by atoms with Crippen LogP contribution in [0.5, 0.6) is 0 Å². The molecule has 17 heavy (non-hydrogen) atoms. The number of aliphatic hydroxyl groups is 3. The highest BCUT2D eigenvalue weighted by molar-refractivity contribution is 4.88. The fourth-order valence-corrected chi connectivity index (χ4v) is 2.53. The Kier molecular flexibility index (Phi) is 7.04. The Morgan fingerprint density at radius 3 is 2.47 bits per heavy atom. The molecule has 4 heteroatoms. The first-order valence-electron chi connectivity index (χ1n) is 6.91. The first kappa shape index (κ1) is 14.9. The molecule has 0 aromatic heterocycles. The van der Waals surface area contributed by atoms with Gasteiger partial charge >= 0.3 is 0 Å². The van der Waals surface area contributed by atoms with Crippen molar-refractivity contribution in [3.05, 3.63) is 0 Å². The lowest BCUT2D eigenvalue weighted by molar-refractivity contribution is -0.0896. The van der Waals surface area contributed by atoms with Crippen LogP contribution in [-0.4, -0.2) is 58.2 Å². The van der Waals surface area contributed by atoms with Gasteiger partial charge in [-0.15, -0.1) is 0 Å². The normalized spacial score (nSPS) is 30.7. The van der Waals surface area contributed by atoms with Gasteiger partial charge in [-0.3, -0.25) is 4.90 Å².